The van der Waals surface area contributed by atoms with E-state index in [4.69, 9.17) is 4.74 Å². The third kappa shape index (κ3) is 4.08. The van der Waals surface area contributed by atoms with Gasteiger partial charge in [0.15, 0.2) is 0 Å². The summed E-state index contributed by atoms with van der Waals surface area (Å²) >= 11 is 0. The lowest BCUT2D eigenvalue weighted by Gasteiger charge is -2.20. The molecular weight excluding hydrogens is 262 g/mol. The van der Waals surface area contributed by atoms with Crippen molar-refractivity contribution in [2.24, 2.45) is 0 Å². The maximum Gasteiger partial charge on any atom is 0.133 e. The van der Waals surface area contributed by atoms with E-state index < -0.39 is 0 Å². The summed E-state index contributed by atoms with van der Waals surface area (Å²) in [6, 6.07) is 8.10. The average molecular weight is 287 g/mol. The Labute approximate surface area is 127 Å². The molecule has 0 spiro atoms. The molecule has 0 fully saturated rings. The second kappa shape index (κ2) is 7.84. The maximum absolute atomic E-state index is 5.31. The third-order valence-electron chi connectivity index (χ3n) is 3.68. The fourth-order valence-corrected chi connectivity index (χ4v) is 2.49. The first-order valence-corrected chi connectivity index (χ1v) is 7.67. The summed E-state index contributed by atoms with van der Waals surface area (Å²) < 4.78 is 5.31. The van der Waals surface area contributed by atoms with Crippen molar-refractivity contribution in [1.29, 1.82) is 0 Å². The van der Waals surface area contributed by atoms with Gasteiger partial charge in [0, 0.05) is 24.7 Å². The monoisotopic (exact) mass is 287 g/mol. The Bertz CT molecular complexity index is 571. The molecule has 2 rings (SSSR count). The van der Waals surface area contributed by atoms with Crippen LogP contribution in [0.1, 0.15) is 20.3 Å². The Balaban J connectivity index is 2.07. The van der Waals surface area contributed by atoms with E-state index in [0.29, 0.717) is 0 Å². The number of pyridine rings is 1. The van der Waals surface area contributed by atoms with Crippen molar-refractivity contribution in [1.82, 2.24) is 9.88 Å². The smallest absolute Gasteiger partial charge is 0.133 e. The van der Waals surface area contributed by atoms with Gasteiger partial charge in [-0.25, -0.2) is 4.98 Å². The van der Waals surface area contributed by atoms with E-state index >= 15 is 0 Å². The molecule has 0 amide bonds. The van der Waals surface area contributed by atoms with E-state index in [1.54, 1.807) is 7.11 Å². The van der Waals surface area contributed by atoms with Gasteiger partial charge < -0.3 is 15.0 Å². The second-order valence-electron chi connectivity index (χ2n) is 5.11. The molecule has 0 aliphatic rings. The van der Waals surface area contributed by atoms with Crippen LogP contribution in [0.3, 0.4) is 0 Å². The van der Waals surface area contributed by atoms with Crippen LogP contribution in [0.25, 0.3) is 10.8 Å². The van der Waals surface area contributed by atoms with Crippen LogP contribution in [0.2, 0.25) is 0 Å². The fourth-order valence-electron chi connectivity index (χ4n) is 2.49. The minimum Gasteiger partial charge on any atom is -0.497 e. The number of ether oxygens (including phenoxy) is 1. The van der Waals surface area contributed by atoms with Crippen molar-refractivity contribution in [3.05, 3.63) is 30.5 Å². The van der Waals surface area contributed by atoms with Crippen LogP contribution >= 0.6 is 0 Å². The topological polar surface area (TPSA) is 37.4 Å². The first-order chi connectivity index (χ1) is 10.3. The van der Waals surface area contributed by atoms with Gasteiger partial charge in [0.2, 0.25) is 0 Å². The van der Waals surface area contributed by atoms with E-state index in [0.717, 1.165) is 43.1 Å². The molecule has 0 saturated heterocycles. The molecular formula is C17H25N3O. The first kappa shape index (κ1) is 15.6. The highest BCUT2D eigenvalue weighted by molar-refractivity contribution is 5.92. The summed E-state index contributed by atoms with van der Waals surface area (Å²) in [6.07, 6.45) is 3.04. The first-order valence-electron chi connectivity index (χ1n) is 7.67. The zero-order valence-electron chi connectivity index (χ0n) is 13.2. The van der Waals surface area contributed by atoms with E-state index in [9.17, 15) is 0 Å². The number of benzene rings is 1. The molecule has 2 aromatic rings. The van der Waals surface area contributed by atoms with Crippen molar-refractivity contribution in [2.75, 3.05) is 38.6 Å². The summed E-state index contributed by atoms with van der Waals surface area (Å²) in [4.78, 5) is 6.91. The van der Waals surface area contributed by atoms with Gasteiger partial charge in [-0.1, -0.05) is 19.9 Å². The highest BCUT2D eigenvalue weighted by Crippen LogP contribution is 2.25. The largest absolute Gasteiger partial charge is 0.497 e. The van der Waals surface area contributed by atoms with Crippen molar-refractivity contribution in [2.45, 2.75) is 20.3 Å². The zero-order chi connectivity index (χ0) is 15.1. The Morgan fingerprint density at radius 3 is 2.76 bits per heavy atom. The van der Waals surface area contributed by atoms with Crippen molar-refractivity contribution in [3.8, 4) is 5.75 Å². The molecule has 0 aliphatic heterocycles. The number of rotatable bonds is 8. The molecule has 4 nitrogen and oxygen atoms in total. The van der Waals surface area contributed by atoms with E-state index in [2.05, 4.69) is 35.1 Å². The Hall–Kier alpha value is -1.81. The van der Waals surface area contributed by atoms with Gasteiger partial charge in [0.25, 0.3) is 0 Å². The van der Waals surface area contributed by atoms with Gasteiger partial charge in [-0.3, -0.25) is 0 Å². The Morgan fingerprint density at radius 2 is 2.05 bits per heavy atom. The molecule has 1 aromatic carbocycles. The third-order valence-corrected chi connectivity index (χ3v) is 3.68. The lowest BCUT2D eigenvalue weighted by molar-refractivity contribution is 0.300. The second-order valence-corrected chi connectivity index (χ2v) is 5.11. The number of hydrogen-bond donors (Lipinski definition) is 1. The SMILES string of the molecule is CCCN(CC)CCNc1nccc2ccc(OC)cc12. The van der Waals surface area contributed by atoms with Crippen LogP contribution in [0, 0.1) is 0 Å². The number of likely N-dealkylation sites (N-methyl/N-ethyl adjacent to an activating group) is 1. The zero-order valence-corrected chi connectivity index (χ0v) is 13.2. The van der Waals surface area contributed by atoms with Gasteiger partial charge in [0.05, 0.1) is 7.11 Å². The van der Waals surface area contributed by atoms with Crippen LogP contribution in [0.5, 0.6) is 5.75 Å². The molecule has 1 aromatic heterocycles. The van der Waals surface area contributed by atoms with Gasteiger partial charge in [-0.15, -0.1) is 0 Å². The van der Waals surface area contributed by atoms with Crippen LogP contribution in [0.4, 0.5) is 5.82 Å². The number of anilines is 1. The molecule has 1 heterocycles. The maximum atomic E-state index is 5.31. The number of hydrogen-bond acceptors (Lipinski definition) is 4. The van der Waals surface area contributed by atoms with Crippen molar-refractivity contribution < 1.29 is 4.74 Å². The number of aromatic nitrogens is 1. The average Bonchev–Trinajstić information content (AvgIpc) is 2.53. The molecule has 0 unspecified atom stereocenters. The standard InChI is InChI=1S/C17H25N3O/c1-4-11-20(5-2)12-10-19-17-16-13-15(21-3)7-6-14(16)8-9-18-17/h6-9,13H,4-5,10-12H2,1-3H3,(H,18,19). The molecule has 0 atom stereocenters. The van der Waals surface area contributed by atoms with Crippen LogP contribution in [-0.4, -0.2) is 43.2 Å². The van der Waals surface area contributed by atoms with Crippen LogP contribution < -0.4 is 10.1 Å². The molecule has 0 radical (unpaired) electrons. The Kier molecular flexibility index (Phi) is 5.81. The normalized spacial score (nSPS) is 11.0. The van der Waals surface area contributed by atoms with Gasteiger partial charge in [-0.2, -0.15) is 0 Å². The van der Waals surface area contributed by atoms with E-state index in [1.807, 2.05) is 24.4 Å². The predicted octanol–water partition coefficient (Wildman–Crippen LogP) is 3.39. The highest BCUT2D eigenvalue weighted by Gasteiger charge is 2.05. The van der Waals surface area contributed by atoms with Gasteiger partial charge >= 0.3 is 0 Å². The summed E-state index contributed by atoms with van der Waals surface area (Å²) in [5.41, 5.74) is 0. The lowest BCUT2D eigenvalue weighted by Crippen LogP contribution is -2.29. The number of fused-ring (bicyclic) bond motifs is 1. The van der Waals surface area contributed by atoms with Gasteiger partial charge in [0.1, 0.15) is 11.6 Å². The predicted molar refractivity (Wildman–Crippen MR) is 89.2 cm³/mol. The van der Waals surface area contributed by atoms with E-state index in [1.165, 1.54) is 11.8 Å². The Morgan fingerprint density at radius 1 is 1.19 bits per heavy atom. The molecule has 21 heavy (non-hydrogen) atoms. The minimum absolute atomic E-state index is 0.861. The lowest BCUT2D eigenvalue weighted by atomic mass is 10.1. The quantitative estimate of drug-likeness (QED) is 0.807. The molecule has 114 valence electrons. The minimum atomic E-state index is 0.861. The summed E-state index contributed by atoms with van der Waals surface area (Å²) in [5, 5.41) is 5.74. The molecule has 1 N–H and O–H groups in total. The summed E-state index contributed by atoms with van der Waals surface area (Å²) in [7, 11) is 1.69. The fraction of sp³-hybridized carbons (Fsp3) is 0.471. The molecule has 0 saturated carbocycles. The van der Waals surface area contributed by atoms with Crippen LogP contribution in [-0.2, 0) is 0 Å². The van der Waals surface area contributed by atoms with Crippen molar-refractivity contribution >= 4 is 16.6 Å². The summed E-state index contributed by atoms with van der Waals surface area (Å²) in [5.74, 6) is 1.79. The van der Waals surface area contributed by atoms with E-state index in [-0.39, 0.29) is 0 Å². The number of nitrogens with one attached hydrogen (secondary N) is 1. The summed E-state index contributed by atoms with van der Waals surface area (Å²) in [6.45, 7) is 8.59. The molecule has 4 heteroatoms. The highest BCUT2D eigenvalue weighted by atomic mass is 16.5. The van der Waals surface area contributed by atoms with Gasteiger partial charge in [-0.05, 0) is 43.1 Å². The molecule has 0 aliphatic carbocycles. The van der Waals surface area contributed by atoms with Crippen LogP contribution in [0.15, 0.2) is 30.5 Å². The number of nitrogens with zero attached hydrogens (tertiary/aromatic N) is 2. The van der Waals surface area contributed by atoms with Crippen molar-refractivity contribution in [3.63, 3.8) is 0 Å². The number of methoxy groups -OCH3 is 1. The molecule has 0 bridgehead atoms.